The summed E-state index contributed by atoms with van der Waals surface area (Å²) in [5.74, 6) is 0.218. The van der Waals surface area contributed by atoms with Crippen molar-refractivity contribution in [2.75, 3.05) is 6.54 Å². The van der Waals surface area contributed by atoms with Crippen LogP contribution in [0, 0.1) is 5.92 Å². The van der Waals surface area contributed by atoms with Crippen molar-refractivity contribution in [1.82, 2.24) is 10.0 Å². The average molecular weight is 326 g/mol. The smallest absolute Gasteiger partial charge is 0.251 e. The van der Waals surface area contributed by atoms with Gasteiger partial charge in [-0.25, -0.2) is 13.1 Å². The number of carbonyl (C=O) groups excluding carboxylic acids is 1. The Labute approximate surface area is 133 Å². The van der Waals surface area contributed by atoms with Gasteiger partial charge in [-0.15, -0.1) is 0 Å². The second-order valence-electron chi connectivity index (χ2n) is 6.81. The van der Waals surface area contributed by atoms with Crippen molar-refractivity contribution in [3.05, 3.63) is 29.8 Å². The van der Waals surface area contributed by atoms with Crippen LogP contribution in [0.4, 0.5) is 0 Å². The Morgan fingerprint density at radius 1 is 1.14 bits per heavy atom. The average Bonchev–Trinajstić information content (AvgIpc) is 2.36. The highest BCUT2D eigenvalue weighted by atomic mass is 32.2. The predicted molar refractivity (Wildman–Crippen MR) is 88.3 cm³/mol. The molecule has 1 aromatic carbocycles. The molecule has 0 aliphatic carbocycles. The molecule has 6 heteroatoms. The number of nitrogens with one attached hydrogen (secondary N) is 2. The molecule has 2 N–H and O–H groups in total. The predicted octanol–water partition coefficient (Wildman–Crippen LogP) is 2.54. The summed E-state index contributed by atoms with van der Waals surface area (Å²) in [6.07, 6.45) is 0.783. The fourth-order valence-corrected chi connectivity index (χ4v) is 2.81. The van der Waals surface area contributed by atoms with Crippen LogP contribution in [0.2, 0.25) is 0 Å². The Kier molecular flexibility index (Phi) is 6.14. The zero-order chi connectivity index (χ0) is 17.0. The maximum atomic E-state index is 12.1. The fourth-order valence-electron chi connectivity index (χ4n) is 1.76. The van der Waals surface area contributed by atoms with Gasteiger partial charge in [0, 0.05) is 17.6 Å². The van der Waals surface area contributed by atoms with Gasteiger partial charge in [-0.2, -0.15) is 0 Å². The SMILES string of the molecule is CC(C)CCNS(=O)(=O)c1ccc(C(=O)NC(C)(C)C)cc1. The molecule has 0 aromatic heterocycles. The summed E-state index contributed by atoms with van der Waals surface area (Å²) >= 11 is 0. The minimum Gasteiger partial charge on any atom is -0.347 e. The van der Waals surface area contributed by atoms with Crippen molar-refractivity contribution in [3.63, 3.8) is 0 Å². The van der Waals surface area contributed by atoms with Crippen LogP contribution in [0.25, 0.3) is 0 Å². The van der Waals surface area contributed by atoms with Gasteiger partial charge in [0.1, 0.15) is 0 Å². The van der Waals surface area contributed by atoms with E-state index in [2.05, 4.69) is 10.0 Å². The third kappa shape index (κ3) is 6.15. The van der Waals surface area contributed by atoms with Crippen LogP contribution in [0.5, 0.6) is 0 Å². The molecule has 0 atom stereocenters. The summed E-state index contributed by atoms with van der Waals surface area (Å²) in [5, 5.41) is 2.84. The van der Waals surface area contributed by atoms with Gasteiger partial charge in [0.15, 0.2) is 0 Å². The molecule has 0 aliphatic rings. The third-order valence-electron chi connectivity index (χ3n) is 2.93. The second kappa shape index (κ2) is 7.24. The van der Waals surface area contributed by atoms with E-state index in [1.807, 2.05) is 34.6 Å². The van der Waals surface area contributed by atoms with Crippen LogP contribution in [0.3, 0.4) is 0 Å². The first-order valence-electron chi connectivity index (χ1n) is 7.43. The molecular weight excluding hydrogens is 300 g/mol. The number of rotatable bonds is 6. The lowest BCUT2D eigenvalue weighted by molar-refractivity contribution is 0.0919. The number of amides is 1. The molecule has 0 saturated carbocycles. The van der Waals surface area contributed by atoms with E-state index in [0.29, 0.717) is 18.0 Å². The highest BCUT2D eigenvalue weighted by molar-refractivity contribution is 7.89. The number of hydrogen-bond acceptors (Lipinski definition) is 3. The molecule has 0 bridgehead atoms. The van der Waals surface area contributed by atoms with Gasteiger partial charge in [0.05, 0.1) is 4.90 Å². The van der Waals surface area contributed by atoms with Crippen molar-refractivity contribution >= 4 is 15.9 Å². The van der Waals surface area contributed by atoms with Gasteiger partial charge in [0.2, 0.25) is 10.0 Å². The summed E-state index contributed by atoms with van der Waals surface area (Å²) in [4.78, 5) is 12.2. The van der Waals surface area contributed by atoms with Gasteiger partial charge >= 0.3 is 0 Å². The van der Waals surface area contributed by atoms with Crippen molar-refractivity contribution in [1.29, 1.82) is 0 Å². The Morgan fingerprint density at radius 2 is 1.68 bits per heavy atom. The van der Waals surface area contributed by atoms with Gasteiger partial charge < -0.3 is 5.32 Å². The van der Waals surface area contributed by atoms with Crippen LogP contribution in [0.15, 0.2) is 29.2 Å². The standard InChI is InChI=1S/C16H26N2O3S/c1-12(2)10-11-17-22(20,21)14-8-6-13(7-9-14)15(19)18-16(3,4)5/h6-9,12,17H,10-11H2,1-5H3,(H,18,19). The Bertz CT molecular complexity index is 599. The molecule has 22 heavy (non-hydrogen) atoms. The zero-order valence-electron chi connectivity index (χ0n) is 13.9. The van der Waals surface area contributed by atoms with E-state index in [1.165, 1.54) is 24.3 Å². The molecule has 1 aromatic rings. The van der Waals surface area contributed by atoms with Crippen LogP contribution in [-0.2, 0) is 10.0 Å². The van der Waals surface area contributed by atoms with E-state index in [4.69, 9.17) is 0 Å². The molecule has 0 radical (unpaired) electrons. The molecule has 0 saturated heterocycles. The quantitative estimate of drug-likeness (QED) is 0.843. The Hall–Kier alpha value is -1.40. The fraction of sp³-hybridized carbons (Fsp3) is 0.562. The van der Waals surface area contributed by atoms with Gasteiger partial charge in [-0.05, 0) is 57.4 Å². The minimum absolute atomic E-state index is 0.170. The summed E-state index contributed by atoms with van der Waals surface area (Å²) in [6, 6.07) is 5.96. The first-order valence-corrected chi connectivity index (χ1v) is 8.92. The largest absolute Gasteiger partial charge is 0.347 e. The molecule has 5 nitrogen and oxygen atoms in total. The molecule has 1 rings (SSSR count). The summed E-state index contributed by atoms with van der Waals surface area (Å²) in [6.45, 7) is 10.2. The molecule has 0 heterocycles. The van der Waals surface area contributed by atoms with Crippen molar-refractivity contribution in [2.24, 2.45) is 5.92 Å². The van der Waals surface area contributed by atoms with E-state index in [1.54, 1.807) is 0 Å². The summed E-state index contributed by atoms with van der Waals surface area (Å²) in [7, 11) is -3.52. The van der Waals surface area contributed by atoms with Crippen molar-refractivity contribution in [2.45, 2.75) is 51.5 Å². The van der Waals surface area contributed by atoms with E-state index in [-0.39, 0.29) is 16.3 Å². The highest BCUT2D eigenvalue weighted by Crippen LogP contribution is 2.12. The lowest BCUT2D eigenvalue weighted by atomic mass is 10.1. The van der Waals surface area contributed by atoms with Crippen LogP contribution >= 0.6 is 0 Å². The van der Waals surface area contributed by atoms with Crippen LogP contribution in [0.1, 0.15) is 51.4 Å². The second-order valence-corrected chi connectivity index (χ2v) is 8.58. The van der Waals surface area contributed by atoms with E-state index in [9.17, 15) is 13.2 Å². The topological polar surface area (TPSA) is 75.3 Å². The van der Waals surface area contributed by atoms with E-state index in [0.717, 1.165) is 6.42 Å². The third-order valence-corrected chi connectivity index (χ3v) is 4.41. The molecule has 0 fully saturated rings. The number of carbonyl (C=O) groups is 1. The Balaban J connectivity index is 2.77. The maximum absolute atomic E-state index is 12.1. The zero-order valence-corrected chi connectivity index (χ0v) is 14.8. The van der Waals surface area contributed by atoms with Gasteiger partial charge in [-0.3, -0.25) is 4.79 Å². The minimum atomic E-state index is -3.52. The molecule has 124 valence electrons. The number of sulfonamides is 1. The molecule has 0 spiro atoms. The molecular formula is C16H26N2O3S. The van der Waals surface area contributed by atoms with Gasteiger partial charge in [0.25, 0.3) is 5.91 Å². The highest BCUT2D eigenvalue weighted by Gasteiger charge is 2.17. The normalized spacial score (nSPS) is 12.5. The number of benzene rings is 1. The van der Waals surface area contributed by atoms with E-state index >= 15 is 0 Å². The first kappa shape index (κ1) is 18.6. The Morgan fingerprint density at radius 3 is 2.14 bits per heavy atom. The van der Waals surface area contributed by atoms with E-state index < -0.39 is 10.0 Å². The lowest BCUT2D eigenvalue weighted by Gasteiger charge is -2.20. The summed E-state index contributed by atoms with van der Waals surface area (Å²) < 4.78 is 26.8. The molecule has 0 unspecified atom stereocenters. The van der Waals surface area contributed by atoms with Crippen LogP contribution in [-0.4, -0.2) is 26.4 Å². The molecule has 1 amide bonds. The van der Waals surface area contributed by atoms with Gasteiger partial charge in [-0.1, -0.05) is 13.8 Å². The molecule has 0 aliphatic heterocycles. The maximum Gasteiger partial charge on any atom is 0.251 e. The van der Waals surface area contributed by atoms with Crippen molar-refractivity contribution in [3.8, 4) is 0 Å². The lowest BCUT2D eigenvalue weighted by Crippen LogP contribution is -2.40. The summed E-state index contributed by atoms with van der Waals surface area (Å²) in [5.41, 5.74) is 0.108. The van der Waals surface area contributed by atoms with Crippen molar-refractivity contribution < 1.29 is 13.2 Å². The first-order chi connectivity index (χ1) is 10.0. The monoisotopic (exact) mass is 326 g/mol. The number of hydrogen-bond donors (Lipinski definition) is 2. The van der Waals surface area contributed by atoms with Crippen LogP contribution < -0.4 is 10.0 Å².